The summed E-state index contributed by atoms with van der Waals surface area (Å²) in [4.78, 5) is 26.2. The lowest BCUT2D eigenvalue weighted by molar-refractivity contribution is -0.402. The summed E-state index contributed by atoms with van der Waals surface area (Å²) in [6, 6.07) is 15.2. The third kappa shape index (κ3) is 3.65. The Bertz CT molecular complexity index is 1130. The van der Waals surface area contributed by atoms with Crippen molar-refractivity contribution in [2.75, 3.05) is 0 Å². The van der Waals surface area contributed by atoms with Gasteiger partial charge in [-0.2, -0.15) is 0 Å². The maximum absolute atomic E-state index is 12.0. The van der Waals surface area contributed by atoms with E-state index in [9.17, 15) is 14.9 Å². The van der Waals surface area contributed by atoms with Crippen molar-refractivity contribution in [3.63, 3.8) is 0 Å². The Hall–Kier alpha value is -4.20. The van der Waals surface area contributed by atoms with Gasteiger partial charge in [-0.15, -0.1) is 0 Å². The first kappa shape index (κ1) is 17.2. The minimum atomic E-state index is -0.612. The number of nitrogens with zero attached hydrogens (tertiary/aromatic N) is 2. The summed E-state index contributed by atoms with van der Waals surface area (Å²) in [6.45, 7) is 0. The molecule has 0 N–H and O–H groups in total. The van der Waals surface area contributed by atoms with E-state index in [1.807, 2.05) is 18.2 Å². The number of aliphatic imine (C=N–C) groups is 1. The summed E-state index contributed by atoms with van der Waals surface area (Å²) in [7, 11) is 0. The van der Waals surface area contributed by atoms with Gasteiger partial charge < -0.3 is 13.6 Å². The van der Waals surface area contributed by atoms with E-state index < -0.39 is 10.9 Å². The average Bonchev–Trinajstić information content (AvgIpc) is 3.42. The molecule has 3 aromatic rings. The Kier molecular flexibility index (Phi) is 4.43. The fourth-order valence-corrected chi connectivity index (χ4v) is 2.48. The molecule has 0 atom stereocenters. The van der Waals surface area contributed by atoms with E-state index in [0.29, 0.717) is 22.8 Å². The zero-order valence-electron chi connectivity index (χ0n) is 14.3. The lowest BCUT2D eigenvalue weighted by atomic mass is 10.2. The molecule has 0 saturated heterocycles. The highest BCUT2D eigenvalue weighted by Gasteiger charge is 2.24. The van der Waals surface area contributed by atoms with Crippen molar-refractivity contribution in [2.45, 2.75) is 0 Å². The molecular formula is C20H12N2O6. The van der Waals surface area contributed by atoms with E-state index in [2.05, 4.69) is 4.99 Å². The van der Waals surface area contributed by atoms with Gasteiger partial charge in [-0.3, -0.25) is 10.1 Å². The Morgan fingerprint density at radius 2 is 1.57 bits per heavy atom. The van der Waals surface area contributed by atoms with Gasteiger partial charge in [0, 0.05) is 11.6 Å². The number of nitro groups is 1. The lowest BCUT2D eigenvalue weighted by Crippen LogP contribution is -2.04. The zero-order chi connectivity index (χ0) is 19.5. The Balaban J connectivity index is 1.51. The second-order valence-corrected chi connectivity index (χ2v) is 5.71. The molecule has 2 aromatic heterocycles. The maximum atomic E-state index is 12.0. The van der Waals surface area contributed by atoms with Gasteiger partial charge in [-0.1, -0.05) is 18.2 Å². The molecule has 0 aliphatic carbocycles. The van der Waals surface area contributed by atoms with E-state index in [4.69, 9.17) is 13.6 Å². The molecule has 0 bridgehead atoms. The van der Waals surface area contributed by atoms with Crippen molar-refractivity contribution in [2.24, 2.45) is 4.99 Å². The molecule has 138 valence electrons. The Morgan fingerprint density at radius 1 is 0.893 bits per heavy atom. The van der Waals surface area contributed by atoms with Crippen LogP contribution < -0.4 is 0 Å². The number of cyclic esters (lactones) is 1. The van der Waals surface area contributed by atoms with Gasteiger partial charge >= 0.3 is 11.9 Å². The van der Waals surface area contributed by atoms with Crippen LogP contribution >= 0.6 is 0 Å². The van der Waals surface area contributed by atoms with Crippen LogP contribution in [0, 0.1) is 10.1 Å². The number of benzene rings is 1. The van der Waals surface area contributed by atoms with Crippen LogP contribution in [0.5, 0.6) is 0 Å². The maximum Gasteiger partial charge on any atom is 0.433 e. The number of rotatable bonds is 5. The SMILES string of the molecule is O=C1OC(c2ccccc2)=NC1=Cc1ccc(C=Cc2ccc([N+](=O)[O-])o2)o1. The number of carbonyl (C=O) groups excluding carboxylic acids is 1. The molecule has 0 fully saturated rings. The quantitative estimate of drug-likeness (QED) is 0.284. The van der Waals surface area contributed by atoms with E-state index in [-0.39, 0.29) is 17.5 Å². The summed E-state index contributed by atoms with van der Waals surface area (Å²) < 4.78 is 15.8. The van der Waals surface area contributed by atoms with Gasteiger partial charge in [0.25, 0.3) is 0 Å². The molecule has 4 rings (SSSR count). The topological polar surface area (TPSA) is 108 Å². The smallest absolute Gasteiger partial charge is 0.433 e. The molecule has 8 heteroatoms. The minimum Gasteiger partial charge on any atom is -0.457 e. The molecule has 1 aromatic carbocycles. The number of carbonyl (C=O) groups is 1. The number of esters is 1. The van der Waals surface area contributed by atoms with Crippen molar-refractivity contribution in [3.05, 3.63) is 93.3 Å². The largest absolute Gasteiger partial charge is 0.457 e. The predicted octanol–water partition coefficient (Wildman–Crippen LogP) is 4.30. The number of hydrogen-bond acceptors (Lipinski definition) is 7. The van der Waals surface area contributed by atoms with Crippen molar-refractivity contribution in [3.8, 4) is 0 Å². The predicted molar refractivity (Wildman–Crippen MR) is 100 cm³/mol. The van der Waals surface area contributed by atoms with Gasteiger partial charge in [0.15, 0.2) is 5.70 Å². The van der Waals surface area contributed by atoms with Crippen LogP contribution in [0.4, 0.5) is 5.88 Å². The van der Waals surface area contributed by atoms with Crippen LogP contribution in [0.25, 0.3) is 18.2 Å². The summed E-state index contributed by atoms with van der Waals surface area (Å²) in [6.07, 6.45) is 4.61. The Labute approximate surface area is 158 Å². The third-order valence-electron chi connectivity index (χ3n) is 3.77. The first-order valence-electron chi connectivity index (χ1n) is 8.18. The van der Waals surface area contributed by atoms with Gasteiger partial charge in [-0.25, -0.2) is 9.79 Å². The van der Waals surface area contributed by atoms with E-state index in [0.717, 1.165) is 0 Å². The minimum absolute atomic E-state index is 0.130. The van der Waals surface area contributed by atoms with Crippen molar-refractivity contribution in [1.29, 1.82) is 0 Å². The lowest BCUT2D eigenvalue weighted by Gasteiger charge is -1.97. The highest BCUT2D eigenvalue weighted by atomic mass is 16.6. The van der Waals surface area contributed by atoms with Crippen LogP contribution in [0.1, 0.15) is 22.8 Å². The highest BCUT2D eigenvalue weighted by Crippen LogP contribution is 2.22. The molecule has 0 unspecified atom stereocenters. The Morgan fingerprint density at radius 3 is 2.29 bits per heavy atom. The molecule has 0 saturated carbocycles. The molecule has 28 heavy (non-hydrogen) atoms. The number of ether oxygens (including phenoxy) is 1. The first-order chi connectivity index (χ1) is 13.6. The van der Waals surface area contributed by atoms with E-state index >= 15 is 0 Å². The molecule has 8 nitrogen and oxygen atoms in total. The summed E-state index contributed by atoms with van der Waals surface area (Å²) in [5, 5.41) is 10.6. The van der Waals surface area contributed by atoms with Crippen LogP contribution in [0.3, 0.4) is 0 Å². The summed E-state index contributed by atoms with van der Waals surface area (Å²) in [5.41, 5.74) is 0.834. The van der Waals surface area contributed by atoms with Gasteiger partial charge in [0.1, 0.15) is 22.2 Å². The van der Waals surface area contributed by atoms with Crippen molar-refractivity contribution in [1.82, 2.24) is 0 Å². The normalized spacial score (nSPS) is 15.2. The number of furan rings is 2. The molecule has 3 heterocycles. The standard InChI is InChI=1S/C20H12N2O6/c23-20-17(21-19(28-20)13-4-2-1-3-5-13)12-16-9-8-14(26-16)6-7-15-10-11-18(27-15)22(24)25/h1-12H. The molecule has 0 amide bonds. The van der Waals surface area contributed by atoms with Gasteiger partial charge in [-0.05, 0) is 42.5 Å². The summed E-state index contributed by atoms with van der Waals surface area (Å²) in [5.74, 6) is 0.550. The van der Waals surface area contributed by atoms with Gasteiger partial charge in [0.05, 0.1) is 6.07 Å². The van der Waals surface area contributed by atoms with Crippen LogP contribution in [-0.2, 0) is 9.53 Å². The van der Waals surface area contributed by atoms with Gasteiger partial charge in [0.2, 0.25) is 5.90 Å². The fourth-order valence-electron chi connectivity index (χ4n) is 2.48. The van der Waals surface area contributed by atoms with Crippen LogP contribution in [0.2, 0.25) is 0 Å². The molecular weight excluding hydrogens is 364 g/mol. The second-order valence-electron chi connectivity index (χ2n) is 5.71. The zero-order valence-corrected chi connectivity index (χ0v) is 14.3. The third-order valence-corrected chi connectivity index (χ3v) is 3.77. The molecule has 1 aliphatic heterocycles. The van der Waals surface area contributed by atoms with E-state index in [1.54, 1.807) is 30.3 Å². The first-order valence-corrected chi connectivity index (χ1v) is 8.18. The molecule has 0 radical (unpaired) electrons. The average molecular weight is 376 g/mol. The fraction of sp³-hybridized carbons (Fsp3) is 0. The van der Waals surface area contributed by atoms with Crippen LogP contribution in [-0.4, -0.2) is 16.8 Å². The van der Waals surface area contributed by atoms with Crippen molar-refractivity contribution >= 4 is 36.0 Å². The van der Waals surface area contributed by atoms with E-state index in [1.165, 1.54) is 24.3 Å². The number of hydrogen-bond donors (Lipinski definition) is 0. The monoisotopic (exact) mass is 376 g/mol. The molecule has 1 aliphatic rings. The second kappa shape index (κ2) is 7.20. The van der Waals surface area contributed by atoms with Crippen LogP contribution in [0.15, 0.2) is 74.1 Å². The summed E-state index contributed by atoms with van der Waals surface area (Å²) >= 11 is 0. The molecule has 0 spiro atoms. The highest BCUT2D eigenvalue weighted by molar-refractivity contribution is 6.12. The van der Waals surface area contributed by atoms with Crippen molar-refractivity contribution < 1.29 is 23.3 Å².